The van der Waals surface area contributed by atoms with E-state index in [1.807, 2.05) is 5.57 Å². The lowest BCUT2D eigenvalue weighted by atomic mass is 9.66. The Bertz CT molecular complexity index is 470. The van der Waals surface area contributed by atoms with Gasteiger partial charge < -0.3 is 0 Å². The Morgan fingerprint density at radius 3 is 2.21 bits per heavy atom. The lowest BCUT2D eigenvalue weighted by molar-refractivity contribution is 0.229. The third kappa shape index (κ3) is 2.80. The SMILES string of the molecule is CCC(C)C(C=C1C(C)C2(CC)C1C2C(C)CC)CC(C)C1CC1. The number of hydrogen-bond acceptors (Lipinski definition) is 0. The molecular formula is C24H42. The molecule has 3 fully saturated rings. The normalized spacial score (nSPS) is 41.3. The number of fused-ring (bicyclic) bond motifs is 1. The Morgan fingerprint density at radius 1 is 1.04 bits per heavy atom. The predicted octanol–water partition coefficient (Wildman–Crippen LogP) is 7.35. The molecule has 0 radical (unpaired) electrons. The van der Waals surface area contributed by atoms with E-state index in [0.29, 0.717) is 5.41 Å². The van der Waals surface area contributed by atoms with Gasteiger partial charge in [0.1, 0.15) is 0 Å². The molecule has 138 valence electrons. The zero-order chi connectivity index (χ0) is 17.6. The second kappa shape index (κ2) is 6.81. The van der Waals surface area contributed by atoms with Gasteiger partial charge in [-0.2, -0.15) is 0 Å². The highest BCUT2D eigenvalue weighted by molar-refractivity contribution is 5.42. The van der Waals surface area contributed by atoms with Crippen molar-refractivity contribution >= 4 is 0 Å². The minimum absolute atomic E-state index is 0.698. The summed E-state index contributed by atoms with van der Waals surface area (Å²) in [6.45, 7) is 17.3. The molecule has 3 aliphatic carbocycles. The maximum atomic E-state index is 2.80. The molecule has 0 aromatic heterocycles. The van der Waals surface area contributed by atoms with Crippen molar-refractivity contribution in [3.8, 4) is 0 Å². The van der Waals surface area contributed by atoms with Gasteiger partial charge in [0.2, 0.25) is 0 Å². The molecule has 0 aromatic rings. The van der Waals surface area contributed by atoms with Crippen molar-refractivity contribution in [1.82, 2.24) is 0 Å². The van der Waals surface area contributed by atoms with E-state index in [1.54, 1.807) is 0 Å². The molecule has 3 aliphatic rings. The molecule has 8 atom stereocenters. The average molecular weight is 331 g/mol. The van der Waals surface area contributed by atoms with Crippen LogP contribution in [0.5, 0.6) is 0 Å². The standard InChI is InChI=1S/C24H42/c1-8-15(4)20(13-17(6)19-11-12-19)14-21-18(7)24(10-3)22(23(21)24)16(5)9-2/h14-20,22-23H,8-13H2,1-7H3. The van der Waals surface area contributed by atoms with E-state index in [0.717, 1.165) is 47.3 Å². The second-order valence-corrected chi connectivity index (χ2v) is 9.84. The van der Waals surface area contributed by atoms with Crippen LogP contribution in [0.15, 0.2) is 11.6 Å². The summed E-state index contributed by atoms with van der Waals surface area (Å²) in [4.78, 5) is 0. The fraction of sp³-hybridized carbons (Fsp3) is 0.917. The van der Waals surface area contributed by atoms with E-state index < -0.39 is 0 Å². The van der Waals surface area contributed by atoms with Crippen LogP contribution >= 0.6 is 0 Å². The molecule has 0 nitrogen and oxygen atoms in total. The summed E-state index contributed by atoms with van der Waals surface area (Å²) < 4.78 is 0. The molecule has 3 saturated carbocycles. The van der Waals surface area contributed by atoms with Crippen LogP contribution in [-0.2, 0) is 0 Å². The van der Waals surface area contributed by atoms with Crippen molar-refractivity contribution in [3.05, 3.63) is 11.6 Å². The van der Waals surface area contributed by atoms with Gasteiger partial charge in [-0.3, -0.25) is 0 Å². The minimum atomic E-state index is 0.698. The van der Waals surface area contributed by atoms with Crippen LogP contribution in [0.1, 0.15) is 87.0 Å². The smallest absolute Gasteiger partial charge is 0.00985 e. The Labute approximate surface area is 151 Å². The van der Waals surface area contributed by atoms with E-state index in [2.05, 4.69) is 54.5 Å². The predicted molar refractivity (Wildman–Crippen MR) is 106 cm³/mol. The summed E-state index contributed by atoms with van der Waals surface area (Å²) in [5, 5.41) is 0. The lowest BCUT2D eigenvalue weighted by Crippen LogP contribution is -2.30. The van der Waals surface area contributed by atoms with Gasteiger partial charge in [-0.25, -0.2) is 0 Å². The lowest BCUT2D eigenvalue weighted by Gasteiger charge is -2.38. The van der Waals surface area contributed by atoms with Crippen molar-refractivity contribution in [2.24, 2.45) is 52.8 Å². The average Bonchev–Trinajstić information content (AvgIpc) is 3.49. The van der Waals surface area contributed by atoms with Crippen LogP contribution in [0.4, 0.5) is 0 Å². The zero-order valence-electron chi connectivity index (χ0n) is 17.4. The van der Waals surface area contributed by atoms with Crippen molar-refractivity contribution in [2.75, 3.05) is 0 Å². The fourth-order valence-corrected chi connectivity index (χ4v) is 6.47. The van der Waals surface area contributed by atoms with Gasteiger partial charge in [-0.05, 0) is 78.4 Å². The summed E-state index contributed by atoms with van der Waals surface area (Å²) in [5.74, 6) is 7.39. The number of allylic oxidation sites excluding steroid dienone is 2. The molecule has 0 spiro atoms. The minimum Gasteiger partial charge on any atom is -0.0813 e. The molecule has 0 bridgehead atoms. The van der Waals surface area contributed by atoms with Gasteiger partial charge in [-0.1, -0.05) is 73.0 Å². The van der Waals surface area contributed by atoms with Gasteiger partial charge in [0.05, 0.1) is 0 Å². The van der Waals surface area contributed by atoms with E-state index in [-0.39, 0.29) is 0 Å². The van der Waals surface area contributed by atoms with E-state index in [4.69, 9.17) is 0 Å². The Balaban J connectivity index is 1.75. The molecule has 0 heterocycles. The maximum Gasteiger partial charge on any atom is -0.00985 e. The van der Waals surface area contributed by atoms with Crippen LogP contribution < -0.4 is 0 Å². The molecule has 24 heavy (non-hydrogen) atoms. The van der Waals surface area contributed by atoms with Gasteiger partial charge in [-0.15, -0.1) is 0 Å². The van der Waals surface area contributed by atoms with Crippen LogP contribution in [0, 0.1) is 52.8 Å². The van der Waals surface area contributed by atoms with E-state index in [1.165, 1.54) is 38.5 Å². The quantitative estimate of drug-likeness (QED) is 0.388. The number of hydrogen-bond donors (Lipinski definition) is 0. The number of rotatable bonds is 9. The summed E-state index contributed by atoms with van der Waals surface area (Å²) in [6.07, 6.45) is 11.3. The highest BCUT2D eigenvalue weighted by atomic mass is 14.8. The molecule has 0 aliphatic heterocycles. The molecule has 0 N–H and O–H groups in total. The van der Waals surface area contributed by atoms with E-state index in [9.17, 15) is 0 Å². The third-order valence-electron chi connectivity index (χ3n) is 8.84. The van der Waals surface area contributed by atoms with Crippen molar-refractivity contribution in [3.63, 3.8) is 0 Å². The van der Waals surface area contributed by atoms with Gasteiger partial charge >= 0.3 is 0 Å². The van der Waals surface area contributed by atoms with Crippen LogP contribution in [-0.4, -0.2) is 0 Å². The third-order valence-corrected chi connectivity index (χ3v) is 8.84. The molecule has 0 amide bonds. The summed E-state index contributed by atoms with van der Waals surface area (Å²) in [6, 6.07) is 0. The molecule has 8 unspecified atom stereocenters. The second-order valence-electron chi connectivity index (χ2n) is 9.84. The Morgan fingerprint density at radius 2 is 1.71 bits per heavy atom. The first-order valence-corrected chi connectivity index (χ1v) is 11.1. The first-order valence-electron chi connectivity index (χ1n) is 11.1. The molecule has 0 heteroatoms. The maximum absolute atomic E-state index is 2.80. The largest absolute Gasteiger partial charge is 0.0813 e. The highest BCUT2D eigenvalue weighted by Gasteiger charge is 2.76. The molecular weight excluding hydrogens is 288 g/mol. The Kier molecular flexibility index (Phi) is 5.25. The highest BCUT2D eigenvalue weighted by Crippen LogP contribution is 2.81. The fourth-order valence-electron chi connectivity index (χ4n) is 6.47. The molecule has 0 saturated heterocycles. The van der Waals surface area contributed by atoms with Gasteiger partial charge in [0.25, 0.3) is 0 Å². The van der Waals surface area contributed by atoms with Gasteiger partial charge in [0, 0.05) is 0 Å². The van der Waals surface area contributed by atoms with Crippen LogP contribution in [0.3, 0.4) is 0 Å². The summed E-state index contributed by atoms with van der Waals surface area (Å²) in [5.41, 5.74) is 2.57. The van der Waals surface area contributed by atoms with Crippen LogP contribution in [0.2, 0.25) is 0 Å². The first kappa shape index (κ1) is 18.5. The van der Waals surface area contributed by atoms with Crippen LogP contribution in [0.25, 0.3) is 0 Å². The monoisotopic (exact) mass is 330 g/mol. The first-order chi connectivity index (χ1) is 11.4. The van der Waals surface area contributed by atoms with Crippen molar-refractivity contribution < 1.29 is 0 Å². The van der Waals surface area contributed by atoms with E-state index >= 15 is 0 Å². The van der Waals surface area contributed by atoms with Crippen molar-refractivity contribution in [2.45, 2.75) is 87.0 Å². The topological polar surface area (TPSA) is 0 Å². The molecule has 3 rings (SSSR count). The Hall–Kier alpha value is -0.260. The molecule has 0 aromatic carbocycles. The summed E-state index contributed by atoms with van der Waals surface area (Å²) in [7, 11) is 0. The van der Waals surface area contributed by atoms with Gasteiger partial charge in [0.15, 0.2) is 0 Å². The summed E-state index contributed by atoms with van der Waals surface area (Å²) >= 11 is 0. The van der Waals surface area contributed by atoms with Crippen molar-refractivity contribution in [1.29, 1.82) is 0 Å². The zero-order valence-corrected chi connectivity index (χ0v) is 17.4.